The van der Waals surface area contributed by atoms with Crippen molar-refractivity contribution in [3.8, 4) is 0 Å². The molecule has 0 radical (unpaired) electrons. The van der Waals surface area contributed by atoms with Gasteiger partial charge in [-0.1, -0.05) is 78.9 Å². The number of pyridine rings is 1. The van der Waals surface area contributed by atoms with Crippen molar-refractivity contribution in [1.82, 2.24) is 4.98 Å². The van der Waals surface area contributed by atoms with E-state index in [1.54, 1.807) is 0 Å². The summed E-state index contributed by atoms with van der Waals surface area (Å²) < 4.78 is 0. The molecule has 3 aromatic carbocycles. The van der Waals surface area contributed by atoms with E-state index in [9.17, 15) is 0 Å². The lowest BCUT2D eigenvalue weighted by molar-refractivity contribution is 1.41. The Morgan fingerprint density at radius 1 is 0.545 bits per heavy atom. The van der Waals surface area contributed by atoms with Gasteiger partial charge in [0.05, 0.1) is 11.2 Å². The molecule has 104 valence electrons. The molecule has 0 saturated heterocycles. The van der Waals surface area contributed by atoms with Gasteiger partial charge < -0.3 is 0 Å². The zero-order chi connectivity index (χ0) is 14.8. The standard InChI is InChI=1S/C21H15N/c1-2-8-16(9-3-1)14-15-21-19-11-5-4-10-17(19)18-12-6-7-13-20(18)22-21/h1-15H. The monoisotopic (exact) mass is 281 g/mol. The lowest BCUT2D eigenvalue weighted by Crippen LogP contribution is -1.87. The first-order chi connectivity index (χ1) is 10.9. The average molecular weight is 281 g/mol. The van der Waals surface area contributed by atoms with Crippen molar-refractivity contribution in [2.24, 2.45) is 0 Å². The zero-order valence-electron chi connectivity index (χ0n) is 12.1. The van der Waals surface area contributed by atoms with Crippen molar-refractivity contribution in [3.05, 3.63) is 90.1 Å². The maximum Gasteiger partial charge on any atom is 0.0715 e. The second-order valence-electron chi connectivity index (χ2n) is 5.30. The summed E-state index contributed by atoms with van der Waals surface area (Å²) in [4.78, 5) is 4.83. The molecule has 1 nitrogen and oxygen atoms in total. The van der Waals surface area contributed by atoms with Crippen molar-refractivity contribution >= 4 is 33.8 Å². The molecule has 0 amide bonds. The molecule has 4 rings (SSSR count). The average Bonchev–Trinajstić information content (AvgIpc) is 2.60. The maximum absolute atomic E-state index is 4.83. The van der Waals surface area contributed by atoms with Gasteiger partial charge in [-0.2, -0.15) is 0 Å². The van der Waals surface area contributed by atoms with E-state index < -0.39 is 0 Å². The molecule has 0 aliphatic rings. The van der Waals surface area contributed by atoms with E-state index in [2.05, 4.69) is 66.7 Å². The van der Waals surface area contributed by atoms with Gasteiger partial charge in [0.1, 0.15) is 0 Å². The third kappa shape index (κ3) is 2.27. The second kappa shape index (κ2) is 5.45. The minimum absolute atomic E-state index is 1.01. The Morgan fingerprint density at radius 3 is 2.00 bits per heavy atom. The Bertz CT molecular complexity index is 969. The van der Waals surface area contributed by atoms with Crippen molar-refractivity contribution in [1.29, 1.82) is 0 Å². The minimum atomic E-state index is 1.01. The lowest BCUT2D eigenvalue weighted by Gasteiger charge is -2.06. The summed E-state index contributed by atoms with van der Waals surface area (Å²) in [5.74, 6) is 0. The van der Waals surface area contributed by atoms with Gasteiger partial charge in [0.25, 0.3) is 0 Å². The van der Waals surface area contributed by atoms with Crippen LogP contribution in [0.5, 0.6) is 0 Å². The zero-order valence-corrected chi connectivity index (χ0v) is 12.1. The molecule has 0 spiro atoms. The van der Waals surface area contributed by atoms with Gasteiger partial charge in [0.2, 0.25) is 0 Å². The first-order valence-electron chi connectivity index (χ1n) is 7.42. The Morgan fingerprint density at radius 2 is 1.18 bits per heavy atom. The fourth-order valence-electron chi connectivity index (χ4n) is 2.80. The van der Waals surface area contributed by atoms with E-state index in [0.717, 1.165) is 11.2 Å². The number of fused-ring (bicyclic) bond motifs is 3. The molecule has 1 aromatic heterocycles. The highest BCUT2D eigenvalue weighted by Gasteiger charge is 2.05. The number of aromatic nitrogens is 1. The summed E-state index contributed by atoms with van der Waals surface area (Å²) in [6, 6.07) is 27.1. The molecule has 0 aliphatic heterocycles. The third-order valence-corrected chi connectivity index (χ3v) is 3.87. The number of benzene rings is 3. The molecule has 22 heavy (non-hydrogen) atoms. The maximum atomic E-state index is 4.83. The van der Waals surface area contributed by atoms with E-state index in [1.165, 1.54) is 21.7 Å². The number of rotatable bonds is 2. The molecule has 0 atom stereocenters. The predicted molar refractivity (Wildman–Crippen MR) is 94.6 cm³/mol. The molecular formula is C21H15N. The van der Waals surface area contributed by atoms with Crippen LogP contribution in [0.25, 0.3) is 33.8 Å². The van der Waals surface area contributed by atoms with Crippen molar-refractivity contribution < 1.29 is 0 Å². The Labute approximate surface area is 129 Å². The number of nitrogens with zero attached hydrogens (tertiary/aromatic N) is 1. The van der Waals surface area contributed by atoms with Crippen LogP contribution in [0.1, 0.15) is 11.3 Å². The van der Waals surface area contributed by atoms with Crippen LogP contribution in [-0.4, -0.2) is 4.98 Å². The van der Waals surface area contributed by atoms with E-state index in [-0.39, 0.29) is 0 Å². The SMILES string of the molecule is C(=Cc1nc2ccccc2c2ccccc12)c1ccccc1. The second-order valence-corrected chi connectivity index (χ2v) is 5.30. The molecule has 0 fully saturated rings. The summed E-state index contributed by atoms with van der Waals surface area (Å²) in [6.45, 7) is 0. The van der Waals surface area contributed by atoms with Gasteiger partial charge >= 0.3 is 0 Å². The van der Waals surface area contributed by atoms with E-state index >= 15 is 0 Å². The van der Waals surface area contributed by atoms with E-state index in [0.29, 0.717) is 0 Å². The first-order valence-corrected chi connectivity index (χ1v) is 7.42. The van der Waals surface area contributed by atoms with Crippen molar-refractivity contribution in [3.63, 3.8) is 0 Å². The lowest BCUT2D eigenvalue weighted by atomic mass is 10.0. The largest absolute Gasteiger partial charge is 0.248 e. The molecule has 0 N–H and O–H groups in total. The summed E-state index contributed by atoms with van der Waals surface area (Å²) in [5.41, 5.74) is 3.23. The molecule has 1 heteroatoms. The van der Waals surface area contributed by atoms with Gasteiger partial charge in [-0.3, -0.25) is 0 Å². The van der Waals surface area contributed by atoms with Gasteiger partial charge in [-0.25, -0.2) is 4.98 Å². The van der Waals surface area contributed by atoms with Gasteiger partial charge in [-0.15, -0.1) is 0 Å². The van der Waals surface area contributed by atoms with Crippen LogP contribution in [0.2, 0.25) is 0 Å². The van der Waals surface area contributed by atoms with Crippen LogP contribution in [-0.2, 0) is 0 Å². The number of hydrogen-bond acceptors (Lipinski definition) is 1. The fraction of sp³-hybridized carbons (Fsp3) is 0. The van der Waals surface area contributed by atoms with Crippen LogP contribution >= 0.6 is 0 Å². The predicted octanol–water partition coefficient (Wildman–Crippen LogP) is 5.56. The number of hydrogen-bond donors (Lipinski definition) is 0. The van der Waals surface area contributed by atoms with Crippen LogP contribution in [0.4, 0.5) is 0 Å². The van der Waals surface area contributed by atoms with Crippen LogP contribution in [0.15, 0.2) is 78.9 Å². The highest BCUT2D eigenvalue weighted by atomic mass is 14.7. The molecular weight excluding hydrogens is 266 g/mol. The molecule has 4 aromatic rings. The van der Waals surface area contributed by atoms with E-state index in [4.69, 9.17) is 4.98 Å². The normalized spacial score (nSPS) is 11.5. The van der Waals surface area contributed by atoms with Crippen LogP contribution < -0.4 is 0 Å². The Kier molecular flexibility index (Phi) is 3.17. The molecule has 0 aliphatic carbocycles. The fourth-order valence-corrected chi connectivity index (χ4v) is 2.80. The van der Waals surface area contributed by atoms with Crippen LogP contribution in [0, 0.1) is 0 Å². The highest BCUT2D eigenvalue weighted by molar-refractivity contribution is 6.08. The highest BCUT2D eigenvalue weighted by Crippen LogP contribution is 2.27. The number of para-hydroxylation sites is 1. The molecule has 0 bridgehead atoms. The van der Waals surface area contributed by atoms with Gasteiger partial charge in [0, 0.05) is 10.8 Å². The summed E-state index contributed by atoms with van der Waals surface area (Å²) in [7, 11) is 0. The van der Waals surface area contributed by atoms with Crippen molar-refractivity contribution in [2.45, 2.75) is 0 Å². The smallest absolute Gasteiger partial charge is 0.0715 e. The van der Waals surface area contributed by atoms with Crippen molar-refractivity contribution in [2.75, 3.05) is 0 Å². The Hall–Kier alpha value is -2.93. The first kappa shape index (κ1) is 12.8. The van der Waals surface area contributed by atoms with E-state index in [1.807, 2.05) is 24.3 Å². The Balaban J connectivity index is 1.94. The summed E-state index contributed by atoms with van der Waals surface area (Å²) >= 11 is 0. The quantitative estimate of drug-likeness (QED) is 0.438. The third-order valence-electron chi connectivity index (χ3n) is 3.87. The summed E-state index contributed by atoms with van der Waals surface area (Å²) in [6.07, 6.45) is 4.22. The molecule has 0 saturated carbocycles. The van der Waals surface area contributed by atoms with Gasteiger partial charge in [0.15, 0.2) is 0 Å². The minimum Gasteiger partial charge on any atom is -0.248 e. The summed E-state index contributed by atoms with van der Waals surface area (Å²) in [5, 5.41) is 3.64. The van der Waals surface area contributed by atoms with Crippen LogP contribution in [0.3, 0.4) is 0 Å². The molecule has 0 unspecified atom stereocenters. The topological polar surface area (TPSA) is 12.9 Å². The molecule has 1 heterocycles. The van der Waals surface area contributed by atoms with Gasteiger partial charge in [-0.05, 0) is 23.1 Å².